The van der Waals surface area contributed by atoms with Gasteiger partial charge in [-0.15, -0.1) is 0 Å². The maximum atomic E-state index is 10.8. The summed E-state index contributed by atoms with van der Waals surface area (Å²) >= 11 is 5.82. The van der Waals surface area contributed by atoms with Gasteiger partial charge in [-0.3, -0.25) is 0 Å². The fourth-order valence-corrected chi connectivity index (χ4v) is 2.02. The summed E-state index contributed by atoms with van der Waals surface area (Å²) in [5, 5.41) is 16.4. The fraction of sp³-hybridized carbons (Fsp3) is 0.333. The molecule has 0 unspecified atom stereocenters. The van der Waals surface area contributed by atoms with Gasteiger partial charge in [-0.1, -0.05) is 11.6 Å². The molecule has 0 aromatic carbocycles. The van der Waals surface area contributed by atoms with E-state index in [9.17, 15) is 13.2 Å². The molecule has 0 amide bonds. The lowest BCUT2D eigenvalue weighted by Gasteiger charge is -2.08. The minimum Gasteiger partial charge on any atom is -0.478 e. The highest BCUT2D eigenvalue weighted by Gasteiger charge is 2.12. The van der Waals surface area contributed by atoms with Gasteiger partial charge in [0.15, 0.2) is 0 Å². The van der Waals surface area contributed by atoms with Gasteiger partial charge in [-0.2, -0.15) is 0 Å². The molecule has 4 N–H and O–H groups in total. The predicted octanol–water partition coefficient (Wildman–Crippen LogP) is 0.524. The fourth-order valence-electron chi connectivity index (χ4n) is 1.21. The Morgan fingerprint density at radius 2 is 2.22 bits per heavy atom. The molecular formula is C9H12ClN3O4S. The van der Waals surface area contributed by atoms with Crippen LogP contribution in [0.4, 0.5) is 5.82 Å². The maximum absolute atomic E-state index is 10.8. The van der Waals surface area contributed by atoms with Crippen LogP contribution in [0.3, 0.4) is 0 Å². The second kappa shape index (κ2) is 5.98. The Balaban J connectivity index is 2.63. The third-order valence-electron chi connectivity index (χ3n) is 2.02. The Bertz CT molecular complexity index is 547. The number of carbonyl (C=O) groups is 1. The molecule has 1 aromatic rings. The number of aromatic carboxylic acids is 1. The van der Waals surface area contributed by atoms with Gasteiger partial charge in [0.25, 0.3) is 0 Å². The number of carboxylic acid groups (broad SMARTS) is 1. The molecule has 0 saturated carbocycles. The highest BCUT2D eigenvalue weighted by atomic mass is 35.5. The Morgan fingerprint density at radius 3 is 2.78 bits per heavy atom. The largest absolute Gasteiger partial charge is 0.478 e. The van der Waals surface area contributed by atoms with Gasteiger partial charge in [-0.25, -0.2) is 23.3 Å². The Hall–Kier alpha value is -1.38. The Kier molecular flexibility index (Phi) is 4.88. The topological polar surface area (TPSA) is 122 Å². The van der Waals surface area contributed by atoms with Crippen molar-refractivity contribution in [3.8, 4) is 0 Å². The third kappa shape index (κ3) is 4.47. The van der Waals surface area contributed by atoms with Crippen LogP contribution in [-0.4, -0.2) is 36.8 Å². The summed E-state index contributed by atoms with van der Waals surface area (Å²) in [6.45, 7) is 0.270. The zero-order valence-corrected chi connectivity index (χ0v) is 10.8. The van der Waals surface area contributed by atoms with E-state index < -0.39 is 16.0 Å². The van der Waals surface area contributed by atoms with Crippen LogP contribution in [0.25, 0.3) is 0 Å². The van der Waals surface area contributed by atoms with Crippen molar-refractivity contribution in [3.05, 3.63) is 22.8 Å². The van der Waals surface area contributed by atoms with Gasteiger partial charge in [0, 0.05) is 12.7 Å². The molecule has 0 atom stereocenters. The zero-order chi connectivity index (χ0) is 13.8. The number of halogens is 1. The van der Waals surface area contributed by atoms with Gasteiger partial charge in [0.2, 0.25) is 10.0 Å². The van der Waals surface area contributed by atoms with Gasteiger partial charge >= 0.3 is 5.97 Å². The van der Waals surface area contributed by atoms with Gasteiger partial charge < -0.3 is 10.4 Å². The minimum absolute atomic E-state index is 0.0133. The van der Waals surface area contributed by atoms with Crippen molar-refractivity contribution in [2.75, 3.05) is 17.6 Å². The van der Waals surface area contributed by atoms with Crippen LogP contribution in [-0.2, 0) is 10.0 Å². The number of nitrogens with one attached hydrogen (secondary N) is 1. The van der Waals surface area contributed by atoms with Gasteiger partial charge in [0.1, 0.15) is 5.82 Å². The van der Waals surface area contributed by atoms with E-state index in [4.69, 9.17) is 21.8 Å². The van der Waals surface area contributed by atoms with Crippen LogP contribution >= 0.6 is 11.6 Å². The third-order valence-corrected chi connectivity index (χ3v) is 3.26. The molecule has 1 heterocycles. The van der Waals surface area contributed by atoms with E-state index in [2.05, 4.69) is 10.3 Å². The molecular weight excluding hydrogens is 282 g/mol. The number of rotatable bonds is 6. The molecule has 0 spiro atoms. The van der Waals surface area contributed by atoms with Crippen molar-refractivity contribution < 1.29 is 18.3 Å². The summed E-state index contributed by atoms with van der Waals surface area (Å²) in [7, 11) is -3.50. The second-order valence-corrected chi connectivity index (χ2v) is 5.59. The maximum Gasteiger partial charge on any atom is 0.337 e. The molecule has 0 aliphatic heterocycles. The van der Waals surface area contributed by atoms with Crippen molar-refractivity contribution in [1.82, 2.24) is 4.98 Å². The van der Waals surface area contributed by atoms with Crippen LogP contribution < -0.4 is 10.5 Å². The summed E-state index contributed by atoms with van der Waals surface area (Å²) in [4.78, 5) is 14.7. The standard InChI is InChI=1S/C9H12ClN3O4S/c10-7-6(9(14)15)2-4-13-8(7)12-3-1-5-18(11,16)17/h2,4H,1,3,5H2,(H,12,13)(H,14,15)(H2,11,16,17). The molecule has 18 heavy (non-hydrogen) atoms. The number of sulfonamides is 1. The molecule has 0 bridgehead atoms. The van der Waals surface area contributed by atoms with Crippen molar-refractivity contribution in [2.24, 2.45) is 5.14 Å². The zero-order valence-electron chi connectivity index (χ0n) is 9.26. The van der Waals surface area contributed by atoms with E-state index in [-0.39, 0.29) is 35.1 Å². The molecule has 1 rings (SSSR count). The smallest absolute Gasteiger partial charge is 0.337 e. The van der Waals surface area contributed by atoms with E-state index in [1.807, 2.05) is 0 Å². The lowest BCUT2D eigenvalue weighted by atomic mass is 10.2. The first-order chi connectivity index (χ1) is 8.31. The molecule has 7 nitrogen and oxygen atoms in total. The van der Waals surface area contributed by atoms with Crippen LogP contribution in [0.5, 0.6) is 0 Å². The first kappa shape index (κ1) is 14.7. The summed E-state index contributed by atoms with van der Waals surface area (Å²) in [5.74, 6) is -1.13. The molecule has 0 radical (unpaired) electrons. The summed E-state index contributed by atoms with van der Waals surface area (Å²) in [6, 6.07) is 1.28. The van der Waals surface area contributed by atoms with E-state index in [0.717, 1.165) is 0 Å². The summed E-state index contributed by atoms with van der Waals surface area (Å²) in [6.07, 6.45) is 1.57. The number of pyridine rings is 1. The number of aromatic nitrogens is 1. The molecule has 0 fully saturated rings. The van der Waals surface area contributed by atoms with Crippen LogP contribution in [0, 0.1) is 0 Å². The normalized spacial score (nSPS) is 11.2. The molecule has 0 saturated heterocycles. The van der Waals surface area contributed by atoms with Crippen LogP contribution in [0.15, 0.2) is 12.3 Å². The number of nitrogens with zero attached hydrogens (tertiary/aromatic N) is 1. The summed E-state index contributed by atoms with van der Waals surface area (Å²) in [5.41, 5.74) is -0.0689. The number of nitrogens with two attached hydrogens (primary N) is 1. The lowest BCUT2D eigenvalue weighted by Crippen LogP contribution is -2.19. The van der Waals surface area contributed by atoms with E-state index in [1.54, 1.807) is 0 Å². The molecule has 100 valence electrons. The average Bonchev–Trinajstić information content (AvgIpc) is 2.24. The van der Waals surface area contributed by atoms with Crippen molar-refractivity contribution in [2.45, 2.75) is 6.42 Å². The highest BCUT2D eigenvalue weighted by molar-refractivity contribution is 7.89. The predicted molar refractivity (Wildman–Crippen MR) is 67.3 cm³/mol. The Morgan fingerprint density at radius 1 is 1.56 bits per heavy atom. The molecule has 1 aromatic heterocycles. The van der Waals surface area contributed by atoms with Crippen LogP contribution in [0.1, 0.15) is 16.8 Å². The summed E-state index contributed by atoms with van der Waals surface area (Å²) < 4.78 is 21.4. The molecule has 0 aliphatic rings. The number of primary sulfonamides is 1. The van der Waals surface area contributed by atoms with Gasteiger partial charge in [0.05, 0.1) is 16.3 Å². The Labute approximate surface area is 109 Å². The average molecular weight is 294 g/mol. The lowest BCUT2D eigenvalue weighted by molar-refractivity contribution is 0.0697. The van der Waals surface area contributed by atoms with Crippen molar-refractivity contribution >= 4 is 33.4 Å². The van der Waals surface area contributed by atoms with Crippen LogP contribution in [0.2, 0.25) is 5.02 Å². The van der Waals surface area contributed by atoms with Gasteiger partial charge in [-0.05, 0) is 12.5 Å². The molecule has 0 aliphatic carbocycles. The highest BCUT2D eigenvalue weighted by Crippen LogP contribution is 2.23. The second-order valence-electron chi connectivity index (χ2n) is 3.47. The van der Waals surface area contributed by atoms with Crippen molar-refractivity contribution in [3.63, 3.8) is 0 Å². The minimum atomic E-state index is -3.50. The number of hydrogen-bond donors (Lipinski definition) is 3. The SMILES string of the molecule is NS(=O)(=O)CCCNc1nccc(C(=O)O)c1Cl. The number of anilines is 1. The quantitative estimate of drug-likeness (QED) is 0.657. The first-order valence-corrected chi connectivity index (χ1v) is 7.03. The van der Waals surface area contributed by atoms with E-state index in [0.29, 0.717) is 0 Å². The van der Waals surface area contributed by atoms with E-state index in [1.165, 1.54) is 12.3 Å². The molecule has 9 heteroatoms. The monoisotopic (exact) mass is 293 g/mol. The number of hydrogen-bond acceptors (Lipinski definition) is 5. The number of carboxylic acids is 1. The first-order valence-electron chi connectivity index (χ1n) is 4.93. The van der Waals surface area contributed by atoms with E-state index >= 15 is 0 Å². The van der Waals surface area contributed by atoms with Crippen molar-refractivity contribution in [1.29, 1.82) is 0 Å².